The van der Waals surface area contributed by atoms with Gasteiger partial charge in [0, 0.05) is 6.61 Å². The van der Waals surface area contributed by atoms with Gasteiger partial charge in [0.05, 0.1) is 12.6 Å². The van der Waals surface area contributed by atoms with Gasteiger partial charge in [-0.2, -0.15) is 0 Å². The number of nitrogens with two attached hydrogens (primary N) is 1. The molecule has 0 bridgehead atoms. The van der Waals surface area contributed by atoms with Crippen LogP contribution in [0.15, 0.2) is 18.2 Å². The highest BCUT2D eigenvalue weighted by Gasteiger charge is 2.06. The molecule has 1 aromatic rings. The molecule has 0 saturated carbocycles. The van der Waals surface area contributed by atoms with Gasteiger partial charge in [-0.15, -0.1) is 0 Å². The van der Waals surface area contributed by atoms with Crippen molar-refractivity contribution >= 4 is 0 Å². The van der Waals surface area contributed by atoms with Crippen molar-refractivity contribution in [1.82, 2.24) is 0 Å². The third-order valence-corrected chi connectivity index (χ3v) is 3.40. The molecule has 0 radical (unpaired) electrons. The lowest BCUT2D eigenvalue weighted by atomic mass is 10.0. The summed E-state index contributed by atoms with van der Waals surface area (Å²) >= 11 is 0. The Hall–Kier alpha value is -0.860. The number of hydrogen-bond donors (Lipinski definition) is 1. The van der Waals surface area contributed by atoms with Crippen LogP contribution in [0, 0.1) is 13.8 Å². The Balaban J connectivity index is 2.27. The largest absolute Gasteiger partial charge is 0.379 e. The molecule has 0 aliphatic rings. The lowest BCUT2D eigenvalue weighted by molar-refractivity contribution is 0.117. The van der Waals surface area contributed by atoms with Crippen molar-refractivity contribution in [2.75, 3.05) is 13.2 Å². The molecule has 0 aliphatic heterocycles. The molecule has 0 fully saturated rings. The molecule has 1 unspecified atom stereocenters. The van der Waals surface area contributed by atoms with E-state index in [1.807, 2.05) is 0 Å². The van der Waals surface area contributed by atoms with E-state index in [4.69, 9.17) is 10.5 Å². The summed E-state index contributed by atoms with van der Waals surface area (Å²) in [5.41, 5.74) is 9.91. The summed E-state index contributed by atoms with van der Waals surface area (Å²) in [6.07, 6.45) is 4.97. The van der Waals surface area contributed by atoms with Crippen LogP contribution in [-0.2, 0) is 4.74 Å². The zero-order valence-electron chi connectivity index (χ0n) is 12.0. The quantitative estimate of drug-likeness (QED) is 0.709. The topological polar surface area (TPSA) is 35.2 Å². The van der Waals surface area contributed by atoms with E-state index in [0.29, 0.717) is 6.61 Å². The first-order valence-corrected chi connectivity index (χ1v) is 7.05. The number of benzene rings is 1. The zero-order chi connectivity index (χ0) is 13.4. The lowest BCUT2D eigenvalue weighted by Crippen LogP contribution is -2.17. The highest BCUT2D eigenvalue weighted by atomic mass is 16.5. The van der Waals surface area contributed by atoms with Crippen LogP contribution in [0.1, 0.15) is 55.3 Å². The maximum absolute atomic E-state index is 6.13. The summed E-state index contributed by atoms with van der Waals surface area (Å²) in [6.45, 7) is 7.91. The van der Waals surface area contributed by atoms with Crippen LogP contribution in [0.3, 0.4) is 0 Å². The van der Waals surface area contributed by atoms with Crippen LogP contribution in [0.2, 0.25) is 0 Å². The minimum absolute atomic E-state index is 0.00419. The van der Waals surface area contributed by atoms with Gasteiger partial charge in [-0.25, -0.2) is 0 Å². The third-order valence-electron chi connectivity index (χ3n) is 3.40. The van der Waals surface area contributed by atoms with Gasteiger partial charge < -0.3 is 10.5 Å². The smallest absolute Gasteiger partial charge is 0.0659 e. The summed E-state index contributed by atoms with van der Waals surface area (Å²) in [7, 11) is 0. The van der Waals surface area contributed by atoms with Crippen LogP contribution >= 0.6 is 0 Å². The van der Waals surface area contributed by atoms with Gasteiger partial charge >= 0.3 is 0 Å². The lowest BCUT2D eigenvalue weighted by Gasteiger charge is -2.14. The van der Waals surface area contributed by atoms with Crippen LogP contribution in [0.25, 0.3) is 0 Å². The number of aryl methyl sites for hydroxylation is 2. The highest BCUT2D eigenvalue weighted by Crippen LogP contribution is 2.15. The molecule has 0 spiro atoms. The molecule has 102 valence electrons. The van der Waals surface area contributed by atoms with Crippen molar-refractivity contribution in [1.29, 1.82) is 0 Å². The molecule has 0 saturated heterocycles. The van der Waals surface area contributed by atoms with Crippen molar-refractivity contribution < 1.29 is 4.74 Å². The van der Waals surface area contributed by atoms with E-state index >= 15 is 0 Å². The zero-order valence-corrected chi connectivity index (χ0v) is 12.0. The van der Waals surface area contributed by atoms with Gasteiger partial charge in [0.1, 0.15) is 0 Å². The maximum Gasteiger partial charge on any atom is 0.0659 e. The van der Waals surface area contributed by atoms with Crippen LogP contribution in [-0.4, -0.2) is 13.2 Å². The van der Waals surface area contributed by atoms with Gasteiger partial charge in [0.15, 0.2) is 0 Å². The Bertz CT molecular complexity index is 349. The number of ether oxygens (including phenoxy) is 1. The standard InChI is InChI=1S/C16H27NO/c1-4-5-6-7-10-18-12-16(17)15-9-8-13(2)14(3)11-15/h8-9,11,16H,4-7,10,12,17H2,1-3H3. The van der Waals surface area contributed by atoms with Crippen molar-refractivity contribution in [3.05, 3.63) is 34.9 Å². The van der Waals surface area contributed by atoms with Gasteiger partial charge in [0.25, 0.3) is 0 Å². The fraction of sp³-hybridized carbons (Fsp3) is 0.625. The van der Waals surface area contributed by atoms with Crippen molar-refractivity contribution in [2.24, 2.45) is 5.73 Å². The predicted octanol–water partition coefficient (Wildman–Crippen LogP) is 3.90. The van der Waals surface area contributed by atoms with Crippen molar-refractivity contribution in [2.45, 2.75) is 52.5 Å². The molecule has 0 amide bonds. The second-order valence-corrected chi connectivity index (χ2v) is 5.09. The van der Waals surface area contributed by atoms with Crippen LogP contribution < -0.4 is 5.73 Å². The first-order valence-electron chi connectivity index (χ1n) is 7.05. The van der Waals surface area contributed by atoms with E-state index in [1.165, 1.54) is 36.0 Å². The Morgan fingerprint density at radius 2 is 1.89 bits per heavy atom. The number of unbranched alkanes of at least 4 members (excludes halogenated alkanes) is 3. The third kappa shape index (κ3) is 5.19. The van der Waals surface area contributed by atoms with E-state index in [0.717, 1.165) is 13.0 Å². The fourth-order valence-corrected chi connectivity index (χ4v) is 1.93. The molecular weight excluding hydrogens is 222 g/mol. The first-order chi connectivity index (χ1) is 8.65. The molecule has 2 heteroatoms. The van der Waals surface area contributed by atoms with E-state index < -0.39 is 0 Å². The van der Waals surface area contributed by atoms with Crippen molar-refractivity contribution in [3.8, 4) is 0 Å². The number of hydrogen-bond acceptors (Lipinski definition) is 2. The fourth-order valence-electron chi connectivity index (χ4n) is 1.93. The van der Waals surface area contributed by atoms with E-state index in [1.54, 1.807) is 0 Å². The van der Waals surface area contributed by atoms with E-state index in [2.05, 4.69) is 39.0 Å². The molecule has 18 heavy (non-hydrogen) atoms. The Kier molecular flexibility index (Phi) is 6.99. The second-order valence-electron chi connectivity index (χ2n) is 5.09. The first kappa shape index (κ1) is 15.2. The monoisotopic (exact) mass is 249 g/mol. The Labute approximate surface area is 112 Å². The summed E-state index contributed by atoms with van der Waals surface area (Å²) in [5, 5.41) is 0. The molecule has 1 aromatic carbocycles. The normalized spacial score (nSPS) is 12.7. The number of rotatable bonds is 8. The molecule has 1 rings (SSSR count). The minimum Gasteiger partial charge on any atom is -0.379 e. The summed E-state index contributed by atoms with van der Waals surface area (Å²) < 4.78 is 5.64. The average Bonchev–Trinajstić information content (AvgIpc) is 2.36. The highest BCUT2D eigenvalue weighted by molar-refractivity contribution is 5.31. The molecule has 0 aliphatic carbocycles. The SMILES string of the molecule is CCCCCCOCC(N)c1ccc(C)c(C)c1. The van der Waals surface area contributed by atoms with Crippen molar-refractivity contribution in [3.63, 3.8) is 0 Å². The van der Waals surface area contributed by atoms with Crippen LogP contribution in [0.4, 0.5) is 0 Å². The van der Waals surface area contributed by atoms with Gasteiger partial charge in [-0.3, -0.25) is 0 Å². The van der Waals surface area contributed by atoms with Gasteiger partial charge in [-0.1, -0.05) is 44.4 Å². The molecule has 0 aromatic heterocycles. The minimum atomic E-state index is -0.00419. The Morgan fingerprint density at radius 3 is 2.56 bits per heavy atom. The summed E-state index contributed by atoms with van der Waals surface area (Å²) in [4.78, 5) is 0. The molecule has 1 atom stereocenters. The molecular formula is C16H27NO. The molecule has 2 N–H and O–H groups in total. The van der Waals surface area contributed by atoms with Gasteiger partial charge in [-0.05, 0) is 37.0 Å². The van der Waals surface area contributed by atoms with E-state index in [-0.39, 0.29) is 6.04 Å². The second kappa shape index (κ2) is 8.28. The van der Waals surface area contributed by atoms with E-state index in [9.17, 15) is 0 Å². The molecule has 0 heterocycles. The van der Waals surface area contributed by atoms with Gasteiger partial charge in [0.2, 0.25) is 0 Å². The predicted molar refractivity (Wildman–Crippen MR) is 77.8 cm³/mol. The molecule has 2 nitrogen and oxygen atoms in total. The maximum atomic E-state index is 6.13. The summed E-state index contributed by atoms with van der Waals surface area (Å²) in [6, 6.07) is 6.40. The Morgan fingerprint density at radius 1 is 1.11 bits per heavy atom. The summed E-state index contributed by atoms with van der Waals surface area (Å²) in [5.74, 6) is 0. The van der Waals surface area contributed by atoms with Crippen LogP contribution in [0.5, 0.6) is 0 Å². The average molecular weight is 249 g/mol.